The van der Waals surface area contributed by atoms with Crippen LogP contribution in [0.2, 0.25) is 0 Å². The maximum Gasteiger partial charge on any atom is 0.224 e. The first-order valence-electron chi connectivity index (χ1n) is 5.68. The number of carbonyl (C=O) groups excluding carboxylic acids is 1. The van der Waals surface area contributed by atoms with Crippen LogP contribution in [0, 0.1) is 0 Å². The van der Waals surface area contributed by atoms with E-state index in [1.54, 1.807) is 11.1 Å². The van der Waals surface area contributed by atoms with Crippen LogP contribution < -0.4 is 5.73 Å². The molecule has 0 aromatic carbocycles. The summed E-state index contributed by atoms with van der Waals surface area (Å²) in [7, 11) is 1.81. The molecule has 0 radical (unpaired) electrons. The van der Waals surface area contributed by atoms with E-state index in [2.05, 4.69) is 12.0 Å². The highest BCUT2D eigenvalue weighted by Gasteiger charge is 2.37. The quantitative estimate of drug-likeness (QED) is 0.811. The summed E-state index contributed by atoms with van der Waals surface area (Å²) in [5.41, 5.74) is 7.06. The van der Waals surface area contributed by atoms with Gasteiger partial charge in [0.25, 0.3) is 0 Å². The van der Waals surface area contributed by atoms with Gasteiger partial charge >= 0.3 is 0 Å². The number of hydrogen-bond acceptors (Lipinski definition) is 3. The molecule has 2 N–H and O–H groups in total. The van der Waals surface area contributed by atoms with Crippen molar-refractivity contribution in [1.82, 2.24) is 14.7 Å². The van der Waals surface area contributed by atoms with Crippen LogP contribution in [0.15, 0.2) is 12.3 Å². The Morgan fingerprint density at radius 1 is 1.62 bits per heavy atom. The smallest absolute Gasteiger partial charge is 0.224 e. The lowest BCUT2D eigenvalue weighted by Gasteiger charge is -2.23. The van der Waals surface area contributed by atoms with Crippen LogP contribution in [-0.4, -0.2) is 33.7 Å². The lowest BCUT2D eigenvalue weighted by molar-refractivity contribution is -0.127. The Morgan fingerprint density at radius 3 is 2.94 bits per heavy atom. The maximum atomic E-state index is 11.6. The third-order valence-corrected chi connectivity index (χ3v) is 3.11. The highest BCUT2D eigenvalue weighted by Crippen LogP contribution is 2.30. The highest BCUT2D eigenvalue weighted by molar-refractivity contribution is 5.79. The van der Waals surface area contributed by atoms with Gasteiger partial charge in [-0.1, -0.05) is 6.92 Å². The average molecular weight is 222 g/mol. The second-order valence-corrected chi connectivity index (χ2v) is 4.30. The van der Waals surface area contributed by atoms with Gasteiger partial charge in [-0.05, 0) is 12.5 Å². The van der Waals surface area contributed by atoms with E-state index in [1.165, 1.54) is 0 Å². The van der Waals surface area contributed by atoms with Crippen LogP contribution in [0.25, 0.3) is 0 Å². The third kappa shape index (κ3) is 1.71. The van der Waals surface area contributed by atoms with E-state index in [4.69, 9.17) is 5.73 Å². The van der Waals surface area contributed by atoms with Gasteiger partial charge < -0.3 is 10.6 Å². The summed E-state index contributed by atoms with van der Waals surface area (Å²) in [6.07, 6.45) is 3.22. The lowest BCUT2D eigenvalue weighted by atomic mass is 10.1. The fourth-order valence-corrected chi connectivity index (χ4v) is 2.31. The first-order chi connectivity index (χ1) is 7.65. The Bertz CT molecular complexity index is 387. The average Bonchev–Trinajstić information content (AvgIpc) is 2.75. The zero-order valence-corrected chi connectivity index (χ0v) is 9.76. The van der Waals surface area contributed by atoms with Crippen molar-refractivity contribution >= 4 is 5.91 Å². The molecule has 2 rings (SSSR count). The van der Waals surface area contributed by atoms with Gasteiger partial charge in [0, 0.05) is 32.3 Å². The predicted octanol–water partition coefficient (Wildman–Crippen LogP) is 0.524. The summed E-state index contributed by atoms with van der Waals surface area (Å²) in [5.74, 6) is 0.113. The number of nitrogens with two attached hydrogens (primary N) is 1. The molecule has 1 fully saturated rings. The van der Waals surface area contributed by atoms with Crippen LogP contribution in [-0.2, 0) is 11.3 Å². The van der Waals surface area contributed by atoms with Gasteiger partial charge in [-0.15, -0.1) is 0 Å². The van der Waals surface area contributed by atoms with Crippen LogP contribution in [0.3, 0.4) is 0 Å². The van der Waals surface area contributed by atoms with Crippen molar-refractivity contribution in [3.63, 3.8) is 0 Å². The number of aryl methyl sites for hydroxylation is 1. The van der Waals surface area contributed by atoms with Crippen molar-refractivity contribution < 1.29 is 4.79 Å². The molecule has 1 aliphatic rings. The standard InChI is InChI=1S/C11H18N4O/c1-3-6-15-9(4-5-13-15)11-8(12)7-10(16)14(11)2/h4-5,8,11H,3,6-7,12H2,1-2H3. The van der Waals surface area contributed by atoms with Crippen molar-refractivity contribution in [1.29, 1.82) is 0 Å². The van der Waals surface area contributed by atoms with Crippen molar-refractivity contribution in [2.45, 2.75) is 38.4 Å². The van der Waals surface area contributed by atoms with E-state index < -0.39 is 0 Å². The van der Waals surface area contributed by atoms with E-state index in [1.807, 2.05) is 17.8 Å². The van der Waals surface area contributed by atoms with Gasteiger partial charge in [-0.3, -0.25) is 9.48 Å². The van der Waals surface area contributed by atoms with E-state index in [0.717, 1.165) is 18.7 Å². The molecule has 2 unspecified atom stereocenters. The van der Waals surface area contributed by atoms with E-state index >= 15 is 0 Å². The fraction of sp³-hybridized carbons (Fsp3) is 0.636. The molecule has 16 heavy (non-hydrogen) atoms. The number of likely N-dealkylation sites (N-methyl/N-ethyl adjacent to an activating group) is 1. The summed E-state index contributed by atoms with van der Waals surface area (Å²) in [6, 6.07) is 1.81. The third-order valence-electron chi connectivity index (χ3n) is 3.11. The number of likely N-dealkylation sites (tertiary alicyclic amines) is 1. The van der Waals surface area contributed by atoms with E-state index in [0.29, 0.717) is 6.42 Å². The van der Waals surface area contributed by atoms with Gasteiger partial charge in [0.05, 0.1) is 11.7 Å². The summed E-state index contributed by atoms with van der Waals surface area (Å²) < 4.78 is 1.94. The number of aromatic nitrogens is 2. The minimum atomic E-state index is -0.121. The first-order valence-corrected chi connectivity index (χ1v) is 5.68. The molecule has 2 atom stereocenters. The van der Waals surface area contributed by atoms with Gasteiger partial charge in [0.1, 0.15) is 0 Å². The molecule has 88 valence electrons. The molecule has 5 heteroatoms. The monoisotopic (exact) mass is 222 g/mol. The summed E-state index contributed by atoms with van der Waals surface area (Å²) in [5, 5.41) is 4.27. The number of amides is 1. The van der Waals surface area contributed by atoms with Gasteiger partial charge in [0.15, 0.2) is 0 Å². The zero-order chi connectivity index (χ0) is 11.7. The minimum Gasteiger partial charge on any atom is -0.336 e. The normalized spacial score (nSPS) is 25.4. The summed E-state index contributed by atoms with van der Waals surface area (Å²) in [6.45, 7) is 2.97. The Kier molecular flexibility index (Phi) is 2.96. The first kappa shape index (κ1) is 11.1. The zero-order valence-electron chi connectivity index (χ0n) is 9.76. The maximum absolute atomic E-state index is 11.6. The molecule has 1 aromatic rings. The largest absolute Gasteiger partial charge is 0.336 e. The molecule has 5 nitrogen and oxygen atoms in total. The molecular formula is C11H18N4O. The van der Waals surface area contributed by atoms with Crippen molar-refractivity contribution in [2.75, 3.05) is 7.05 Å². The SMILES string of the molecule is CCCn1nccc1C1C(N)CC(=O)N1C. The second-order valence-electron chi connectivity index (χ2n) is 4.30. The van der Waals surface area contributed by atoms with Crippen LogP contribution in [0.1, 0.15) is 31.5 Å². The minimum absolute atomic E-state index is 0.0263. The molecule has 1 amide bonds. The highest BCUT2D eigenvalue weighted by atomic mass is 16.2. The van der Waals surface area contributed by atoms with Crippen molar-refractivity contribution in [3.8, 4) is 0 Å². The second kappa shape index (κ2) is 4.25. The van der Waals surface area contributed by atoms with Crippen LogP contribution in [0.4, 0.5) is 0 Å². The van der Waals surface area contributed by atoms with Crippen molar-refractivity contribution in [2.24, 2.45) is 5.73 Å². The summed E-state index contributed by atoms with van der Waals surface area (Å²) in [4.78, 5) is 13.3. The van der Waals surface area contributed by atoms with Gasteiger partial charge in [-0.25, -0.2) is 0 Å². The van der Waals surface area contributed by atoms with Crippen LogP contribution in [0.5, 0.6) is 0 Å². The number of hydrogen-bond donors (Lipinski definition) is 1. The molecule has 1 saturated heterocycles. The molecule has 2 heterocycles. The molecule has 0 aliphatic carbocycles. The van der Waals surface area contributed by atoms with Crippen LogP contribution >= 0.6 is 0 Å². The summed E-state index contributed by atoms with van der Waals surface area (Å²) >= 11 is 0. The molecule has 0 spiro atoms. The molecule has 0 saturated carbocycles. The Labute approximate surface area is 95.2 Å². The number of carbonyl (C=O) groups is 1. The molecule has 1 aliphatic heterocycles. The molecule has 1 aromatic heterocycles. The topological polar surface area (TPSA) is 64.2 Å². The fourth-order valence-electron chi connectivity index (χ4n) is 2.31. The van der Waals surface area contributed by atoms with Crippen molar-refractivity contribution in [3.05, 3.63) is 18.0 Å². The van der Waals surface area contributed by atoms with Gasteiger partial charge in [0.2, 0.25) is 5.91 Å². The lowest BCUT2D eigenvalue weighted by Crippen LogP contribution is -2.32. The molecular weight excluding hydrogens is 204 g/mol. The van der Waals surface area contributed by atoms with Gasteiger partial charge in [-0.2, -0.15) is 5.10 Å². The van der Waals surface area contributed by atoms with E-state index in [-0.39, 0.29) is 18.0 Å². The van der Waals surface area contributed by atoms with E-state index in [9.17, 15) is 4.79 Å². The Morgan fingerprint density at radius 2 is 2.38 bits per heavy atom. The number of nitrogens with zero attached hydrogens (tertiary/aromatic N) is 3. The predicted molar refractivity (Wildman–Crippen MR) is 60.6 cm³/mol. The Hall–Kier alpha value is -1.36. The number of rotatable bonds is 3. The Balaban J connectivity index is 2.29. The molecule has 0 bridgehead atoms.